The Bertz CT molecular complexity index is 3180. The van der Waals surface area contributed by atoms with Gasteiger partial charge in [0.25, 0.3) is 11.8 Å². The molecule has 2 amide bonds. The maximum absolute atomic E-state index is 12.7. The van der Waals surface area contributed by atoms with Gasteiger partial charge in [-0.2, -0.15) is 0 Å². The van der Waals surface area contributed by atoms with E-state index in [0.717, 1.165) is 102 Å². The summed E-state index contributed by atoms with van der Waals surface area (Å²) in [6.07, 6.45) is 7.09. The van der Waals surface area contributed by atoms with Crippen molar-refractivity contribution in [2.45, 2.75) is 37.8 Å². The second kappa shape index (κ2) is 22.1. The zero-order valence-corrected chi connectivity index (χ0v) is 40.5. The van der Waals surface area contributed by atoms with Gasteiger partial charge >= 0.3 is 0 Å². The Morgan fingerprint density at radius 2 is 0.971 bits per heavy atom. The zero-order chi connectivity index (χ0) is 47.7. The van der Waals surface area contributed by atoms with Gasteiger partial charge in [-0.1, -0.05) is 107 Å². The normalized spacial score (nSPS) is 14.0. The summed E-state index contributed by atoms with van der Waals surface area (Å²) in [5.41, 5.74) is 8.99. The van der Waals surface area contributed by atoms with E-state index in [2.05, 4.69) is 84.0 Å². The number of hydrogen-bond acceptors (Lipinski definition) is 7. The lowest BCUT2D eigenvalue weighted by atomic mass is 10.0. The molecular formula is C56H47Cl4N7O2. The van der Waals surface area contributed by atoms with Gasteiger partial charge in [-0.15, -0.1) is 0 Å². The van der Waals surface area contributed by atoms with Gasteiger partial charge in [-0.25, -0.2) is 0 Å². The van der Waals surface area contributed by atoms with Gasteiger partial charge in [0.05, 0.1) is 42.3 Å². The van der Waals surface area contributed by atoms with Crippen LogP contribution in [0.25, 0.3) is 21.8 Å². The first-order valence-electron chi connectivity index (χ1n) is 22.8. The van der Waals surface area contributed by atoms with Crippen LogP contribution in [0, 0.1) is 11.8 Å². The van der Waals surface area contributed by atoms with Crippen LogP contribution in [0.4, 0.5) is 22.7 Å². The highest BCUT2D eigenvalue weighted by atomic mass is 35.5. The molecule has 2 fully saturated rings. The van der Waals surface area contributed by atoms with E-state index in [0.29, 0.717) is 31.2 Å². The SMILES string of the molecule is O=C(NC1CCN(c2ccnc3cc(C#Cc4ccccc4)ccc23)CC1)c1cccc(Cl)c1Cl.O=C(NC1CCN(c2ccnc3cc(Nc4ccccc4)ccc23)CC1)c1cccc(Cl)c1Cl. The van der Waals surface area contributed by atoms with Gasteiger partial charge in [0.2, 0.25) is 0 Å². The topological polar surface area (TPSA) is 102 Å². The highest BCUT2D eigenvalue weighted by molar-refractivity contribution is 6.44. The number of anilines is 4. The number of fused-ring (bicyclic) bond motifs is 2. The molecule has 2 aliphatic heterocycles. The van der Waals surface area contributed by atoms with Crippen LogP contribution in [0.1, 0.15) is 57.5 Å². The van der Waals surface area contributed by atoms with Crippen LogP contribution < -0.4 is 25.8 Å². The van der Waals surface area contributed by atoms with E-state index in [4.69, 9.17) is 46.4 Å². The van der Waals surface area contributed by atoms with Crippen LogP contribution in [0.2, 0.25) is 20.1 Å². The van der Waals surface area contributed by atoms with Crippen LogP contribution in [0.15, 0.2) is 158 Å². The number of halogens is 4. The lowest BCUT2D eigenvalue weighted by Crippen LogP contribution is -2.44. The molecular weight excluding hydrogens is 944 g/mol. The Kier molecular flexibility index (Phi) is 15.1. The fraction of sp³-hybridized carbons (Fsp3) is 0.179. The first kappa shape index (κ1) is 47.3. The summed E-state index contributed by atoms with van der Waals surface area (Å²) < 4.78 is 0. The molecule has 4 heterocycles. The molecule has 0 bridgehead atoms. The van der Waals surface area contributed by atoms with Crippen molar-refractivity contribution in [3.8, 4) is 11.8 Å². The Morgan fingerprint density at radius 1 is 0.493 bits per heavy atom. The number of benzene rings is 6. The van der Waals surface area contributed by atoms with Crippen molar-refractivity contribution in [3.63, 3.8) is 0 Å². The summed E-state index contributed by atoms with van der Waals surface area (Å²) in [6.45, 7) is 3.36. The number of carbonyl (C=O) groups excluding carboxylic acids is 2. The Labute approximate surface area is 421 Å². The molecule has 8 aromatic rings. The van der Waals surface area contributed by atoms with Gasteiger partial charge in [0.1, 0.15) is 0 Å². The lowest BCUT2D eigenvalue weighted by Gasteiger charge is -2.34. The number of nitrogens with zero attached hydrogens (tertiary/aromatic N) is 4. The van der Waals surface area contributed by atoms with E-state index in [1.807, 2.05) is 85.2 Å². The zero-order valence-electron chi connectivity index (χ0n) is 37.4. The molecule has 0 saturated carbocycles. The summed E-state index contributed by atoms with van der Waals surface area (Å²) in [4.78, 5) is 39.3. The van der Waals surface area contributed by atoms with Crippen molar-refractivity contribution in [2.24, 2.45) is 0 Å². The smallest absolute Gasteiger partial charge is 0.253 e. The van der Waals surface area contributed by atoms with Gasteiger partial charge in [-0.3, -0.25) is 19.6 Å². The van der Waals surface area contributed by atoms with Crippen molar-refractivity contribution >= 4 is 103 Å². The average molecular weight is 992 g/mol. The minimum absolute atomic E-state index is 0.0850. The molecule has 0 aliphatic carbocycles. The first-order valence-corrected chi connectivity index (χ1v) is 24.3. The second-order valence-electron chi connectivity index (χ2n) is 16.9. The molecule has 346 valence electrons. The molecule has 3 N–H and O–H groups in total. The molecule has 0 atom stereocenters. The van der Waals surface area contributed by atoms with Crippen LogP contribution in [0.3, 0.4) is 0 Å². The number of hydrogen-bond donors (Lipinski definition) is 3. The maximum Gasteiger partial charge on any atom is 0.253 e. The van der Waals surface area contributed by atoms with Crippen molar-refractivity contribution in [1.82, 2.24) is 20.6 Å². The minimum Gasteiger partial charge on any atom is -0.371 e. The van der Waals surface area contributed by atoms with Crippen LogP contribution in [-0.2, 0) is 0 Å². The van der Waals surface area contributed by atoms with Crippen LogP contribution >= 0.6 is 46.4 Å². The van der Waals surface area contributed by atoms with E-state index in [1.54, 1.807) is 36.4 Å². The minimum atomic E-state index is -0.186. The molecule has 9 nitrogen and oxygen atoms in total. The predicted molar refractivity (Wildman–Crippen MR) is 284 cm³/mol. The molecule has 0 unspecified atom stereocenters. The fourth-order valence-corrected chi connectivity index (χ4v) is 9.51. The third-order valence-electron chi connectivity index (χ3n) is 12.4. The second-order valence-corrected chi connectivity index (χ2v) is 18.5. The number of para-hydroxylation sites is 1. The number of nitrogens with one attached hydrogen (secondary N) is 3. The lowest BCUT2D eigenvalue weighted by molar-refractivity contribution is 0.0922. The largest absolute Gasteiger partial charge is 0.371 e. The quantitative estimate of drug-likeness (QED) is 0.130. The molecule has 0 spiro atoms. The van der Waals surface area contributed by atoms with E-state index in [1.165, 1.54) is 5.69 Å². The number of aromatic nitrogens is 2. The molecule has 2 saturated heterocycles. The van der Waals surface area contributed by atoms with Crippen LogP contribution in [-0.4, -0.2) is 60.0 Å². The number of rotatable bonds is 8. The number of piperidine rings is 2. The summed E-state index contributed by atoms with van der Waals surface area (Å²) in [6, 6.07) is 47.0. The first-order chi connectivity index (χ1) is 33.7. The Balaban J connectivity index is 0.000000172. The molecule has 13 heteroatoms. The monoisotopic (exact) mass is 989 g/mol. The molecule has 6 aromatic carbocycles. The third-order valence-corrected chi connectivity index (χ3v) is 14.0. The van der Waals surface area contributed by atoms with Crippen LogP contribution in [0.5, 0.6) is 0 Å². The van der Waals surface area contributed by atoms with Crippen molar-refractivity contribution in [3.05, 3.63) is 200 Å². The summed E-state index contributed by atoms with van der Waals surface area (Å²) >= 11 is 24.5. The van der Waals surface area contributed by atoms with Crippen molar-refractivity contribution in [1.29, 1.82) is 0 Å². The van der Waals surface area contributed by atoms with Gasteiger partial charge in [0, 0.05) is 95.3 Å². The Morgan fingerprint density at radius 3 is 1.51 bits per heavy atom. The maximum atomic E-state index is 12.7. The number of carbonyl (C=O) groups is 2. The number of amides is 2. The average Bonchev–Trinajstić information content (AvgIpc) is 3.38. The van der Waals surface area contributed by atoms with E-state index in [9.17, 15) is 9.59 Å². The van der Waals surface area contributed by atoms with E-state index < -0.39 is 0 Å². The van der Waals surface area contributed by atoms with E-state index >= 15 is 0 Å². The Hall–Kier alpha value is -6.80. The predicted octanol–water partition coefficient (Wildman–Crippen LogP) is 13.0. The third kappa shape index (κ3) is 11.6. The van der Waals surface area contributed by atoms with Gasteiger partial charge < -0.3 is 25.8 Å². The van der Waals surface area contributed by atoms with Crippen molar-refractivity contribution < 1.29 is 9.59 Å². The summed E-state index contributed by atoms with van der Waals surface area (Å²) in [5, 5.41) is 13.2. The standard InChI is InChI=1S/C29H23Cl2N3O.C27H24Cl2N4O/c30-25-8-4-7-24(28(25)31)29(35)33-22-14-17-34(18-15-22)27-13-16-32-26-19-21(11-12-23(26)27)10-9-20-5-2-1-3-6-20;28-23-8-4-7-22(26(23)29)27(34)32-19-12-15-33(16-13-19)25-11-14-30-24-17-20(9-10-21(24)25)31-18-5-2-1-3-6-18/h1-8,11-13,16,19,22H,14-15,17-18H2,(H,33,35);1-11,14,17,19,31H,12-13,15-16H2,(H,32,34). The van der Waals surface area contributed by atoms with Gasteiger partial charge in [0.15, 0.2) is 0 Å². The van der Waals surface area contributed by atoms with Gasteiger partial charge in [-0.05, 0) is 123 Å². The molecule has 69 heavy (non-hydrogen) atoms. The van der Waals surface area contributed by atoms with E-state index in [-0.39, 0.29) is 23.9 Å². The van der Waals surface area contributed by atoms with Crippen molar-refractivity contribution in [2.75, 3.05) is 41.3 Å². The molecule has 10 rings (SSSR count). The molecule has 2 aromatic heterocycles. The molecule has 2 aliphatic rings. The molecule has 0 radical (unpaired) electrons. The summed E-state index contributed by atoms with van der Waals surface area (Å²) in [5.74, 6) is 6.07. The highest BCUT2D eigenvalue weighted by Gasteiger charge is 2.25. The number of pyridine rings is 2. The summed E-state index contributed by atoms with van der Waals surface area (Å²) in [7, 11) is 0. The highest BCUT2D eigenvalue weighted by Crippen LogP contribution is 2.33. The fourth-order valence-electron chi connectivity index (χ4n) is 8.74.